The first-order chi connectivity index (χ1) is 7.09. The van der Waals surface area contributed by atoms with Crippen LogP contribution in [0.4, 0.5) is 4.39 Å². The number of fused-ring (bicyclic) bond motifs is 1. The van der Waals surface area contributed by atoms with E-state index in [1.165, 1.54) is 17.8 Å². The molecule has 0 radical (unpaired) electrons. The molecule has 0 bridgehead atoms. The lowest BCUT2D eigenvalue weighted by Crippen LogP contribution is -2.29. The van der Waals surface area contributed by atoms with Gasteiger partial charge in [0, 0.05) is 10.5 Å². The number of hydrogen-bond acceptors (Lipinski definition) is 4. The molecule has 0 atom stereocenters. The van der Waals surface area contributed by atoms with Crippen LogP contribution in [0.25, 0.3) is 0 Å². The van der Waals surface area contributed by atoms with E-state index in [1.54, 1.807) is 0 Å². The number of hydrogen-bond donors (Lipinski definition) is 2. The number of carboxylic acids is 1. The zero-order chi connectivity index (χ0) is 11.0. The average Bonchev–Trinajstić information content (AvgIpc) is 2.16. The fourth-order valence-corrected chi connectivity index (χ4v) is 2.14. The molecule has 78 valence electrons. The topological polar surface area (TPSA) is 66.8 Å². The van der Waals surface area contributed by atoms with Crippen molar-refractivity contribution in [3.05, 3.63) is 23.5 Å². The van der Waals surface area contributed by atoms with Crippen LogP contribution in [0.3, 0.4) is 0 Å². The van der Waals surface area contributed by atoms with Gasteiger partial charge in [0.1, 0.15) is 17.1 Å². The Hall–Kier alpha value is -1.21. The van der Waals surface area contributed by atoms with Gasteiger partial charge in [-0.05, 0) is 12.1 Å². The molecule has 1 heterocycles. The summed E-state index contributed by atoms with van der Waals surface area (Å²) in [7, 11) is -1.10. The zero-order valence-electron chi connectivity index (χ0n) is 7.44. The van der Waals surface area contributed by atoms with Crippen molar-refractivity contribution < 1.29 is 24.0 Å². The van der Waals surface area contributed by atoms with E-state index >= 15 is 0 Å². The minimum Gasteiger partial charge on any atom is -0.534 e. The third-order valence-corrected chi connectivity index (χ3v) is 3.00. The largest absolute Gasteiger partial charge is 0.534 e. The highest BCUT2D eigenvalue weighted by atomic mass is 32.2. The van der Waals surface area contributed by atoms with Gasteiger partial charge in [-0.25, -0.2) is 9.18 Å². The highest BCUT2D eigenvalue weighted by molar-refractivity contribution is 8.00. The molecular formula is C8H6BFO4S. The molecule has 4 nitrogen and oxygen atoms in total. The van der Waals surface area contributed by atoms with E-state index < -0.39 is 24.5 Å². The molecule has 1 aliphatic heterocycles. The highest BCUT2D eigenvalue weighted by Crippen LogP contribution is 2.37. The Balaban J connectivity index is 2.57. The van der Waals surface area contributed by atoms with E-state index in [2.05, 4.69) is 0 Å². The van der Waals surface area contributed by atoms with Gasteiger partial charge < -0.3 is 14.8 Å². The van der Waals surface area contributed by atoms with Crippen LogP contribution in [0.5, 0.6) is 5.75 Å². The van der Waals surface area contributed by atoms with Crippen molar-refractivity contribution in [3.8, 4) is 5.75 Å². The summed E-state index contributed by atoms with van der Waals surface area (Å²) in [6.45, 7) is 0. The summed E-state index contributed by atoms with van der Waals surface area (Å²) in [5, 5.41) is 18.0. The lowest BCUT2D eigenvalue weighted by atomic mass is 9.95. The standard InChI is InChI=1S/C8H6BFO4S/c10-4-1-2-5-7(6(4)8(11)12)14-9(13)3-15-5/h1-2,13H,3H2,(H,11,12). The predicted octanol–water partition coefficient (Wildman–Crippen LogP) is 1.03. The summed E-state index contributed by atoms with van der Waals surface area (Å²) >= 11 is 1.23. The normalized spacial score (nSPS) is 14.4. The second-order valence-electron chi connectivity index (χ2n) is 2.94. The Morgan fingerprint density at radius 2 is 2.33 bits per heavy atom. The molecular weight excluding hydrogens is 222 g/mol. The van der Waals surface area contributed by atoms with E-state index in [4.69, 9.17) is 9.76 Å². The van der Waals surface area contributed by atoms with Crippen LogP contribution in [-0.4, -0.2) is 28.9 Å². The first-order valence-corrected chi connectivity index (χ1v) is 5.11. The molecule has 0 aliphatic carbocycles. The van der Waals surface area contributed by atoms with Gasteiger partial charge in [-0.15, -0.1) is 11.8 Å². The van der Waals surface area contributed by atoms with Crippen molar-refractivity contribution in [2.75, 3.05) is 5.65 Å². The van der Waals surface area contributed by atoms with Crippen LogP contribution < -0.4 is 4.65 Å². The van der Waals surface area contributed by atoms with Gasteiger partial charge in [-0.1, -0.05) is 0 Å². The molecule has 0 spiro atoms. The number of benzene rings is 1. The van der Waals surface area contributed by atoms with E-state index in [9.17, 15) is 14.2 Å². The lowest BCUT2D eigenvalue weighted by molar-refractivity contribution is 0.0689. The van der Waals surface area contributed by atoms with Crippen LogP contribution in [0.15, 0.2) is 17.0 Å². The number of aromatic carboxylic acids is 1. The van der Waals surface area contributed by atoms with Gasteiger partial charge in [0.25, 0.3) is 0 Å². The number of carboxylic acid groups (broad SMARTS) is 1. The maximum Gasteiger partial charge on any atom is 0.533 e. The fourth-order valence-electron chi connectivity index (χ4n) is 1.30. The first kappa shape index (κ1) is 10.3. The Morgan fingerprint density at radius 3 is 3.00 bits per heavy atom. The molecule has 7 heteroatoms. The molecule has 0 amide bonds. The van der Waals surface area contributed by atoms with Crippen LogP contribution >= 0.6 is 11.8 Å². The molecule has 0 saturated heterocycles. The Kier molecular flexibility index (Phi) is 2.58. The molecule has 0 fully saturated rings. The van der Waals surface area contributed by atoms with Crippen molar-refractivity contribution in [2.24, 2.45) is 0 Å². The Bertz CT molecular complexity index is 425. The predicted molar refractivity (Wildman–Crippen MR) is 52.7 cm³/mol. The Labute approximate surface area is 89.2 Å². The van der Waals surface area contributed by atoms with Gasteiger partial charge >= 0.3 is 13.1 Å². The third-order valence-electron chi connectivity index (χ3n) is 1.92. The minimum atomic E-state index is -1.40. The summed E-state index contributed by atoms with van der Waals surface area (Å²) < 4.78 is 18.1. The maximum absolute atomic E-state index is 13.2. The van der Waals surface area contributed by atoms with Gasteiger partial charge in [0.15, 0.2) is 0 Å². The van der Waals surface area contributed by atoms with Crippen LogP contribution in [0.2, 0.25) is 0 Å². The summed E-state index contributed by atoms with van der Waals surface area (Å²) in [4.78, 5) is 11.3. The second kappa shape index (κ2) is 3.75. The number of carbonyl (C=O) groups is 1. The number of rotatable bonds is 1. The van der Waals surface area contributed by atoms with Crippen molar-refractivity contribution in [3.63, 3.8) is 0 Å². The monoisotopic (exact) mass is 228 g/mol. The van der Waals surface area contributed by atoms with Crippen molar-refractivity contribution in [2.45, 2.75) is 4.90 Å². The fraction of sp³-hybridized carbons (Fsp3) is 0.125. The molecule has 0 unspecified atom stereocenters. The smallest absolute Gasteiger partial charge is 0.533 e. The van der Waals surface area contributed by atoms with Crippen LogP contribution in [-0.2, 0) is 0 Å². The molecule has 15 heavy (non-hydrogen) atoms. The van der Waals surface area contributed by atoms with Gasteiger partial charge in [0.05, 0.1) is 0 Å². The van der Waals surface area contributed by atoms with Crippen LogP contribution in [0, 0.1) is 5.82 Å². The number of thioether (sulfide) groups is 1. The SMILES string of the molecule is O=C(O)c1c(F)ccc2c1OB(O)CS2. The zero-order valence-corrected chi connectivity index (χ0v) is 8.25. The van der Waals surface area contributed by atoms with Crippen molar-refractivity contribution >= 4 is 24.8 Å². The van der Waals surface area contributed by atoms with E-state index in [0.29, 0.717) is 10.5 Å². The molecule has 1 aromatic carbocycles. The van der Waals surface area contributed by atoms with E-state index in [0.717, 1.165) is 6.07 Å². The van der Waals surface area contributed by atoms with Gasteiger partial charge in [-0.3, -0.25) is 0 Å². The van der Waals surface area contributed by atoms with E-state index in [1.807, 2.05) is 0 Å². The molecule has 0 saturated carbocycles. The van der Waals surface area contributed by atoms with Crippen LogP contribution in [0.1, 0.15) is 10.4 Å². The second-order valence-corrected chi connectivity index (χ2v) is 4.00. The first-order valence-electron chi connectivity index (χ1n) is 4.13. The Morgan fingerprint density at radius 1 is 1.60 bits per heavy atom. The van der Waals surface area contributed by atoms with Gasteiger partial charge in [0.2, 0.25) is 0 Å². The molecule has 2 N–H and O–H groups in total. The molecule has 2 rings (SSSR count). The molecule has 1 aliphatic rings. The summed E-state index contributed by atoms with van der Waals surface area (Å²) in [6.07, 6.45) is 0. The third kappa shape index (κ3) is 1.80. The highest BCUT2D eigenvalue weighted by Gasteiger charge is 2.30. The lowest BCUT2D eigenvalue weighted by Gasteiger charge is -2.20. The number of halogens is 1. The van der Waals surface area contributed by atoms with Crippen molar-refractivity contribution in [1.82, 2.24) is 0 Å². The summed E-state index contributed by atoms with van der Waals surface area (Å²) in [5.74, 6) is -2.36. The minimum absolute atomic E-state index is 0.0914. The molecule has 0 aromatic heterocycles. The summed E-state index contributed by atoms with van der Waals surface area (Å²) in [6, 6.07) is 2.52. The quantitative estimate of drug-likeness (QED) is 0.702. The van der Waals surface area contributed by atoms with Crippen molar-refractivity contribution in [1.29, 1.82) is 0 Å². The maximum atomic E-state index is 13.2. The molecule has 1 aromatic rings. The van der Waals surface area contributed by atoms with E-state index in [-0.39, 0.29) is 5.75 Å². The average molecular weight is 228 g/mol. The summed E-state index contributed by atoms with van der Waals surface area (Å²) in [5.41, 5.74) is -0.226. The van der Waals surface area contributed by atoms with Gasteiger partial charge in [-0.2, -0.15) is 0 Å².